The van der Waals surface area contributed by atoms with E-state index in [1.807, 2.05) is 31.2 Å². The lowest BCUT2D eigenvalue weighted by Crippen LogP contribution is -2.39. The molecular formula is C15H21BrClN3O2. The number of para-hydroxylation sites is 1. The lowest BCUT2D eigenvalue weighted by atomic mass is 10.1. The van der Waals surface area contributed by atoms with Crippen molar-refractivity contribution in [1.82, 2.24) is 10.6 Å². The van der Waals surface area contributed by atoms with Crippen molar-refractivity contribution in [3.8, 4) is 0 Å². The summed E-state index contributed by atoms with van der Waals surface area (Å²) in [6.07, 6.45) is 0.563. The number of nitrogens with one attached hydrogen (secondary N) is 2. The van der Waals surface area contributed by atoms with Crippen molar-refractivity contribution < 1.29 is 9.59 Å². The summed E-state index contributed by atoms with van der Waals surface area (Å²) < 4.78 is 0.867. The van der Waals surface area contributed by atoms with E-state index in [1.54, 1.807) is 4.90 Å². The number of rotatable bonds is 6. The van der Waals surface area contributed by atoms with Crippen molar-refractivity contribution in [1.29, 1.82) is 0 Å². The third-order valence-corrected chi connectivity index (χ3v) is 4.19. The third-order valence-electron chi connectivity index (χ3n) is 3.52. The molecule has 122 valence electrons. The highest BCUT2D eigenvalue weighted by atomic mass is 79.9. The van der Waals surface area contributed by atoms with Crippen LogP contribution >= 0.6 is 28.3 Å². The summed E-state index contributed by atoms with van der Waals surface area (Å²) in [7, 11) is 0. The minimum absolute atomic E-state index is 0. The number of halogens is 2. The van der Waals surface area contributed by atoms with Gasteiger partial charge in [0, 0.05) is 24.1 Å². The molecule has 1 heterocycles. The average Bonchev–Trinajstić information content (AvgIpc) is 2.86. The lowest BCUT2D eigenvalue weighted by Gasteiger charge is -2.18. The van der Waals surface area contributed by atoms with Crippen LogP contribution in [-0.2, 0) is 9.59 Å². The van der Waals surface area contributed by atoms with Crippen molar-refractivity contribution in [2.24, 2.45) is 5.92 Å². The van der Waals surface area contributed by atoms with Gasteiger partial charge in [-0.15, -0.1) is 12.4 Å². The number of carbonyl (C=O) groups is 2. The number of benzene rings is 1. The van der Waals surface area contributed by atoms with Gasteiger partial charge in [-0.1, -0.05) is 19.1 Å². The molecule has 1 aromatic carbocycles. The van der Waals surface area contributed by atoms with E-state index in [0.29, 0.717) is 19.5 Å². The maximum atomic E-state index is 12.4. The van der Waals surface area contributed by atoms with E-state index in [4.69, 9.17) is 0 Å². The van der Waals surface area contributed by atoms with Crippen LogP contribution in [0.15, 0.2) is 28.7 Å². The van der Waals surface area contributed by atoms with Gasteiger partial charge in [0.25, 0.3) is 0 Å². The van der Waals surface area contributed by atoms with Gasteiger partial charge in [-0.05, 0) is 41.0 Å². The molecule has 1 aromatic rings. The van der Waals surface area contributed by atoms with E-state index >= 15 is 0 Å². The molecule has 1 aliphatic rings. The predicted molar refractivity (Wildman–Crippen MR) is 93.4 cm³/mol. The first-order chi connectivity index (χ1) is 10.1. The molecule has 2 N–H and O–H groups in total. The van der Waals surface area contributed by atoms with Crippen LogP contribution in [0.1, 0.15) is 13.3 Å². The molecule has 0 aromatic heterocycles. The average molecular weight is 391 g/mol. The lowest BCUT2D eigenvalue weighted by molar-refractivity contribution is -0.132. The topological polar surface area (TPSA) is 61.4 Å². The number of nitrogens with zero attached hydrogens (tertiary/aromatic N) is 1. The van der Waals surface area contributed by atoms with Gasteiger partial charge >= 0.3 is 0 Å². The van der Waals surface area contributed by atoms with Crippen molar-refractivity contribution in [2.45, 2.75) is 13.3 Å². The van der Waals surface area contributed by atoms with Crippen molar-refractivity contribution in [2.75, 3.05) is 31.1 Å². The molecule has 7 heteroatoms. The van der Waals surface area contributed by atoms with Gasteiger partial charge in [-0.2, -0.15) is 0 Å². The minimum atomic E-state index is -0.571. The van der Waals surface area contributed by atoms with Crippen LogP contribution in [0.4, 0.5) is 5.69 Å². The molecule has 0 bridgehead atoms. The summed E-state index contributed by atoms with van der Waals surface area (Å²) in [4.78, 5) is 26.2. The molecule has 1 atom stereocenters. The van der Waals surface area contributed by atoms with E-state index in [0.717, 1.165) is 23.2 Å². The molecular weight excluding hydrogens is 370 g/mol. The summed E-state index contributed by atoms with van der Waals surface area (Å²) >= 11 is 3.45. The SMILES string of the molecule is CCNCCNC(=O)C1CCN(c2ccccc2Br)C1=O.Cl. The van der Waals surface area contributed by atoms with E-state index < -0.39 is 5.92 Å². The fourth-order valence-corrected chi connectivity index (χ4v) is 2.91. The third kappa shape index (κ3) is 4.44. The Labute approximate surface area is 145 Å². The van der Waals surface area contributed by atoms with E-state index in [1.165, 1.54) is 0 Å². The Bertz CT molecular complexity index is 527. The van der Waals surface area contributed by atoms with Gasteiger partial charge in [-0.3, -0.25) is 9.59 Å². The van der Waals surface area contributed by atoms with Gasteiger partial charge in [-0.25, -0.2) is 0 Å². The van der Waals surface area contributed by atoms with Crippen LogP contribution in [0.2, 0.25) is 0 Å². The van der Waals surface area contributed by atoms with Crippen LogP contribution in [0, 0.1) is 5.92 Å². The summed E-state index contributed by atoms with van der Waals surface area (Å²) in [5, 5.41) is 5.95. The Morgan fingerprint density at radius 1 is 1.36 bits per heavy atom. The van der Waals surface area contributed by atoms with Crippen LogP contribution in [-0.4, -0.2) is 38.0 Å². The van der Waals surface area contributed by atoms with Gasteiger partial charge in [0.1, 0.15) is 5.92 Å². The van der Waals surface area contributed by atoms with Crippen molar-refractivity contribution in [3.63, 3.8) is 0 Å². The van der Waals surface area contributed by atoms with Crippen LogP contribution in [0.5, 0.6) is 0 Å². The highest BCUT2D eigenvalue weighted by Gasteiger charge is 2.37. The van der Waals surface area contributed by atoms with E-state index in [9.17, 15) is 9.59 Å². The first-order valence-electron chi connectivity index (χ1n) is 7.19. The molecule has 1 unspecified atom stereocenters. The normalized spacial score (nSPS) is 17.3. The highest BCUT2D eigenvalue weighted by Crippen LogP contribution is 2.31. The molecule has 5 nitrogen and oxygen atoms in total. The Balaban J connectivity index is 0.00000242. The van der Waals surface area contributed by atoms with Gasteiger partial charge in [0.15, 0.2) is 0 Å². The Hall–Kier alpha value is -1.11. The van der Waals surface area contributed by atoms with E-state index in [-0.39, 0.29) is 24.2 Å². The second-order valence-corrected chi connectivity index (χ2v) is 5.78. The van der Waals surface area contributed by atoms with Crippen molar-refractivity contribution in [3.05, 3.63) is 28.7 Å². The summed E-state index contributed by atoms with van der Waals surface area (Å²) in [5.74, 6) is -0.867. The summed E-state index contributed by atoms with van der Waals surface area (Å²) in [6.45, 7) is 4.72. The standard InChI is InChI=1S/C15H20BrN3O2.ClH/c1-2-17-8-9-18-14(20)11-7-10-19(15(11)21)13-6-4-3-5-12(13)16;/h3-6,11,17H,2,7-10H2,1H3,(H,18,20);1H. The number of hydrogen-bond acceptors (Lipinski definition) is 3. The molecule has 0 spiro atoms. The number of anilines is 1. The zero-order valence-corrected chi connectivity index (χ0v) is 14.9. The molecule has 0 aliphatic carbocycles. The second-order valence-electron chi connectivity index (χ2n) is 4.93. The first kappa shape index (κ1) is 18.9. The van der Waals surface area contributed by atoms with Crippen LogP contribution in [0.25, 0.3) is 0 Å². The first-order valence-corrected chi connectivity index (χ1v) is 7.98. The smallest absolute Gasteiger partial charge is 0.239 e. The zero-order valence-electron chi connectivity index (χ0n) is 12.5. The largest absolute Gasteiger partial charge is 0.354 e. The van der Waals surface area contributed by atoms with Crippen molar-refractivity contribution >= 4 is 45.8 Å². The molecule has 0 saturated carbocycles. The maximum absolute atomic E-state index is 12.4. The predicted octanol–water partition coefficient (Wildman–Crippen LogP) is 1.95. The number of hydrogen-bond donors (Lipinski definition) is 2. The van der Waals surface area contributed by atoms with Crippen LogP contribution < -0.4 is 15.5 Å². The Morgan fingerprint density at radius 2 is 2.09 bits per heavy atom. The fraction of sp³-hybridized carbons (Fsp3) is 0.467. The molecule has 2 amide bonds. The molecule has 2 rings (SSSR count). The highest BCUT2D eigenvalue weighted by molar-refractivity contribution is 9.10. The minimum Gasteiger partial charge on any atom is -0.354 e. The monoisotopic (exact) mass is 389 g/mol. The molecule has 1 fully saturated rings. The summed E-state index contributed by atoms with van der Waals surface area (Å²) in [6, 6.07) is 7.57. The van der Waals surface area contributed by atoms with Gasteiger partial charge in [0.2, 0.25) is 11.8 Å². The maximum Gasteiger partial charge on any atom is 0.239 e. The van der Waals surface area contributed by atoms with Gasteiger partial charge < -0.3 is 15.5 Å². The quantitative estimate of drug-likeness (QED) is 0.576. The number of likely N-dealkylation sites (N-methyl/N-ethyl adjacent to an activating group) is 1. The Kier molecular flexibility index (Phi) is 7.85. The number of carbonyl (C=O) groups excluding carboxylic acids is 2. The second kappa shape index (κ2) is 9.12. The molecule has 1 aliphatic heterocycles. The Morgan fingerprint density at radius 3 is 2.77 bits per heavy atom. The number of amides is 2. The zero-order chi connectivity index (χ0) is 15.2. The fourth-order valence-electron chi connectivity index (χ4n) is 2.41. The molecule has 0 radical (unpaired) electrons. The molecule has 22 heavy (non-hydrogen) atoms. The van der Waals surface area contributed by atoms with Crippen LogP contribution in [0.3, 0.4) is 0 Å². The summed E-state index contributed by atoms with van der Waals surface area (Å²) in [5.41, 5.74) is 0.824. The van der Waals surface area contributed by atoms with E-state index in [2.05, 4.69) is 26.6 Å². The van der Waals surface area contributed by atoms with Gasteiger partial charge in [0.05, 0.1) is 5.69 Å². The molecule has 1 saturated heterocycles.